The van der Waals surface area contributed by atoms with E-state index in [0.717, 1.165) is 36.0 Å². The van der Waals surface area contributed by atoms with Crippen molar-refractivity contribution in [3.05, 3.63) is 59.3 Å². The third-order valence-corrected chi connectivity index (χ3v) is 8.52. The quantitative estimate of drug-likeness (QED) is 0.187. The molecule has 0 fully saturated rings. The van der Waals surface area contributed by atoms with E-state index in [4.69, 9.17) is 9.72 Å². The number of anilines is 6. The molecule has 13 nitrogen and oxygen atoms in total. The summed E-state index contributed by atoms with van der Waals surface area (Å²) in [5.74, 6) is 1.41. The molecule has 4 aromatic heterocycles. The number of pyridine rings is 1. The predicted octanol–water partition coefficient (Wildman–Crippen LogP) is 5.32. The van der Waals surface area contributed by atoms with Gasteiger partial charge < -0.3 is 24.7 Å². The summed E-state index contributed by atoms with van der Waals surface area (Å²) in [5, 5.41) is 11.1. The third kappa shape index (κ3) is 5.76. The van der Waals surface area contributed by atoms with Crippen molar-refractivity contribution >= 4 is 66.1 Å². The highest BCUT2D eigenvalue weighted by Gasteiger charge is 2.26. The third-order valence-electron chi connectivity index (χ3n) is 7.37. The minimum atomic E-state index is -3.59. The van der Waals surface area contributed by atoms with Gasteiger partial charge in [-0.25, -0.2) is 18.4 Å². The number of ether oxygens (including phenoxy) is 1. The number of halogens is 1. The second-order valence-electron chi connectivity index (χ2n) is 10.7. The van der Waals surface area contributed by atoms with Gasteiger partial charge in [0.25, 0.3) is 0 Å². The number of hydrogen-bond donors (Lipinski definition) is 3. The number of imidazole rings is 1. The maximum absolute atomic E-state index is 12.2. The van der Waals surface area contributed by atoms with E-state index in [1.807, 2.05) is 24.9 Å². The molecule has 0 amide bonds. The molecule has 230 valence electrons. The first-order valence-electron chi connectivity index (χ1n) is 14.1. The Kier molecular flexibility index (Phi) is 7.84. The summed E-state index contributed by atoms with van der Waals surface area (Å²) in [6, 6.07) is 6.18. The molecule has 0 saturated carbocycles. The van der Waals surface area contributed by atoms with Crippen LogP contribution in [0, 0.1) is 0 Å². The fourth-order valence-corrected chi connectivity index (χ4v) is 6.26. The van der Waals surface area contributed by atoms with E-state index in [1.165, 1.54) is 5.69 Å². The summed E-state index contributed by atoms with van der Waals surface area (Å²) in [5.41, 5.74) is 6.30. The first-order valence-corrected chi connectivity index (χ1v) is 16.8. The van der Waals surface area contributed by atoms with Gasteiger partial charge in [0, 0.05) is 79.4 Å². The maximum Gasteiger partial charge on any atom is 0.230 e. The zero-order chi connectivity index (χ0) is 31.2. The van der Waals surface area contributed by atoms with Crippen LogP contribution in [-0.2, 0) is 23.5 Å². The number of nitrogens with zero attached hydrogens (tertiary/aromatic N) is 7. The molecule has 0 saturated heterocycles. The van der Waals surface area contributed by atoms with E-state index >= 15 is 0 Å². The van der Waals surface area contributed by atoms with Crippen molar-refractivity contribution in [1.29, 1.82) is 0 Å². The lowest BCUT2D eigenvalue weighted by molar-refractivity contribution is 0.342. The van der Waals surface area contributed by atoms with Crippen LogP contribution in [0.1, 0.15) is 26.5 Å². The van der Waals surface area contributed by atoms with Gasteiger partial charge in [-0.1, -0.05) is 0 Å². The molecule has 0 spiro atoms. The molecular weight excluding hydrogens is 648 g/mol. The smallest absolute Gasteiger partial charge is 0.230 e. The number of nitrogens with one attached hydrogen (secondary N) is 3. The van der Waals surface area contributed by atoms with E-state index in [1.54, 1.807) is 35.3 Å². The van der Waals surface area contributed by atoms with Crippen molar-refractivity contribution in [3.8, 4) is 16.9 Å². The lowest BCUT2D eigenvalue weighted by Crippen LogP contribution is -2.32. The Hall–Kier alpha value is -4.37. The number of aryl methyl sites for hydroxylation is 1. The summed E-state index contributed by atoms with van der Waals surface area (Å²) in [6.07, 6.45) is 10.6. The Bertz CT molecular complexity index is 1970. The number of rotatable bonds is 9. The van der Waals surface area contributed by atoms with Gasteiger partial charge in [-0.3, -0.25) is 9.40 Å². The number of aromatic nitrogens is 6. The van der Waals surface area contributed by atoms with Gasteiger partial charge in [-0.2, -0.15) is 10.1 Å². The second-order valence-corrected chi connectivity index (χ2v) is 13.3. The Morgan fingerprint density at radius 3 is 2.66 bits per heavy atom. The van der Waals surface area contributed by atoms with Crippen molar-refractivity contribution in [2.75, 3.05) is 39.7 Å². The number of fused-ring (bicyclic) bond motifs is 4. The van der Waals surface area contributed by atoms with E-state index < -0.39 is 10.0 Å². The highest BCUT2D eigenvalue weighted by Crippen LogP contribution is 2.44. The largest absolute Gasteiger partial charge is 0.492 e. The lowest BCUT2D eigenvalue weighted by atomic mass is 10.0. The van der Waals surface area contributed by atoms with Crippen LogP contribution in [0.2, 0.25) is 0 Å². The van der Waals surface area contributed by atoms with Crippen molar-refractivity contribution in [2.24, 2.45) is 7.05 Å². The Morgan fingerprint density at radius 2 is 1.91 bits per heavy atom. The van der Waals surface area contributed by atoms with Crippen LogP contribution in [0.3, 0.4) is 0 Å². The molecular formula is C29H33BrN10O3S. The average Bonchev–Trinajstić information content (AvgIpc) is 3.55. The van der Waals surface area contributed by atoms with Crippen LogP contribution < -0.4 is 25.0 Å². The molecule has 1 aliphatic heterocycles. The standard InChI is InChI=1S/C29H33BrN10O3S/c1-6-43-25-14-24-18(19-15-33-38(4)23(19)8-11-40(24)17(2)3)13-22(25)35-29-32-16-20(30)27(36-29)34-21-7-10-39-12-9-31-28(39)26(21)37-44(5,41)42/h7,9-10,12-17,37H,6,8,11H2,1-5H3,(H2,32,34,35,36). The normalized spacial score (nSPS) is 13.0. The molecule has 0 aliphatic carbocycles. The second kappa shape index (κ2) is 11.6. The van der Waals surface area contributed by atoms with Crippen LogP contribution in [0.15, 0.2) is 53.7 Å². The fourth-order valence-electron chi connectivity index (χ4n) is 5.40. The summed E-state index contributed by atoms with van der Waals surface area (Å²) in [4.78, 5) is 15.9. The summed E-state index contributed by atoms with van der Waals surface area (Å²) in [6.45, 7) is 7.67. The zero-order valence-corrected chi connectivity index (χ0v) is 27.4. The number of sulfonamides is 1. The van der Waals surface area contributed by atoms with Crippen molar-refractivity contribution < 1.29 is 13.2 Å². The van der Waals surface area contributed by atoms with Crippen LogP contribution in [-0.4, -0.2) is 63.0 Å². The SMILES string of the molecule is CCOc1cc2c(cc1Nc1ncc(Br)c(Nc3ccn4ccnc4c3NS(C)(=O)=O)n1)-c1cnn(C)c1CCN2C(C)C. The molecule has 15 heteroatoms. The lowest BCUT2D eigenvalue weighted by Gasteiger charge is -2.30. The molecule has 0 radical (unpaired) electrons. The summed E-state index contributed by atoms with van der Waals surface area (Å²) in [7, 11) is -1.62. The molecule has 44 heavy (non-hydrogen) atoms. The van der Waals surface area contributed by atoms with E-state index in [9.17, 15) is 8.42 Å². The van der Waals surface area contributed by atoms with Gasteiger partial charge >= 0.3 is 0 Å². The molecule has 1 aliphatic rings. The molecule has 0 atom stereocenters. The Labute approximate surface area is 263 Å². The molecule has 5 aromatic rings. The van der Waals surface area contributed by atoms with E-state index in [2.05, 4.69) is 77.2 Å². The minimum absolute atomic E-state index is 0.288. The molecule has 0 unspecified atom stereocenters. The van der Waals surface area contributed by atoms with Crippen molar-refractivity contribution in [3.63, 3.8) is 0 Å². The van der Waals surface area contributed by atoms with Gasteiger partial charge in [0.2, 0.25) is 16.0 Å². The van der Waals surface area contributed by atoms with Gasteiger partial charge in [-0.05, 0) is 48.8 Å². The van der Waals surface area contributed by atoms with E-state index in [0.29, 0.717) is 51.3 Å². The van der Waals surface area contributed by atoms with Crippen LogP contribution in [0.25, 0.3) is 16.8 Å². The minimum Gasteiger partial charge on any atom is -0.492 e. The predicted molar refractivity (Wildman–Crippen MR) is 176 cm³/mol. The molecule has 3 N–H and O–H groups in total. The molecule has 0 bridgehead atoms. The van der Waals surface area contributed by atoms with Gasteiger partial charge in [-0.15, -0.1) is 0 Å². The van der Waals surface area contributed by atoms with Gasteiger partial charge in [0.05, 0.1) is 34.9 Å². The van der Waals surface area contributed by atoms with Crippen molar-refractivity contribution in [1.82, 2.24) is 29.1 Å². The summed E-state index contributed by atoms with van der Waals surface area (Å²) >= 11 is 3.53. The Balaban J connectivity index is 1.40. The molecule has 6 rings (SSSR count). The van der Waals surface area contributed by atoms with Gasteiger partial charge in [0.15, 0.2) is 5.65 Å². The van der Waals surface area contributed by atoms with Gasteiger partial charge in [0.1, 0.15) is 17.3 Å². The average molecular weight is 682 g/mol. The van der Waals surface area contributed by atoms with E-state index in [-0.39, 0.29) is 6.04 Å². The Morgan fingerprint density at radius 1 is 1.09 bits per heavy atom. The van der Waals surface area contributed by atoms with Crippen LogP contribution >= 0.6 is 15.9 Å². The first kappa shape index (κ1) is 29.7. The fraction of sp³-hybridized carbons (Fsp3) is 0.310. The molecule has 5 heterocycles. The topological polar surface area (TPSA) is 144 Å². The summed E-state index contributed by atoms with van der Waals surface area (Å²) < 4.78 is 37.3. The van der Waals surface area contributed by atoms with Crippen molar-refractivity contribution in [2.45, 2.75) is 33.2 Å². The first-order chi connectivity index (χ1) is 21.0. The number of benzene rings is 1. The number of hydrogen-bond acceptors (Lipinski definition) is 10. The maximum atomic E-state index is 12.2. The van der Waals surface area contributed by atoms with Crippen LogP contribution in [0.4, 0.5) is 34.5 Å². The van der Waals surface area contributed by atoms with Crippen LogP contribution in [0.5, 0.6) is 5.75 Å². The highest BCUT2D eigenvalue weighted by atomic mass is 79.9. The zero-order valence-electron chi connectivity index (χ0n) is 25.0. The monoisotopic (exact) mass is 680 g/mol. The molecule has 1 aromatic carbocycles. The highest BCUT2D eigenvalue weighted by molar-refractivity contribution is 9.10.